The van der Waals surface area contributed by atoms with Crippen molar-refractivity contribution in [1.82, 2.24) is 14.4 Å². The maximum atomic E-state index is 13.2. The van der Waals surface area contributed by atoms with Crippen LogP contribution in [-0.2, 0) is 0 Å². The quantitative estimate of drug-likeness (QED) is 0.255. The van der Waals surface area contributed by atoms with E-state index in [0.717, 1.165) is 16.5 Å². The molecule has 136 valence electrons. The topological polar surface area (TPSA) is 90.4 Å². The maximum Gasteiger partial charge on any atom is 0.269 e. The summed E-state index contributed by atoms with van der Waals surface area (Å²) in [4.78, 5) is 33.4. The Morgan fingerprint density at radius 1 is 1.11 bits per heavy atom. The number of hydrogen-bond acceptors (Lipinski definition) is 6. The summed E-state index contributed by atoms with van der Waals surface area (Å²) in [5, 5.41) is 14.0. The lowest BCUT2D eigenvalue weighted by Crippen LogP contribution is -2.15. The molecule has 2 aromatic carbocycles. The van der Waals surface area contributed by atoms with Gasteiger partial charge in [0, 0.05) is 34.7 Å². The van der Waals surface area contributed by atoms with Crippen LogP contribution in [0.4, 0.5) is 5.69 Å². The Labute approximate surface area is 161 Å². The van der Waals surface area contributed by atoms with Crippen LogP contribution in [0.1, 0.15) is 5.56 Å². The van der Waals surface area contributed by atoms with Gasteiger partial charge >= 0.3 is 0 Å². The number of hydrogen-bond donors (Lipinski definition) is 0. The van der Waals surface area contributed by atoms with Crippen molar-refractivity contribution in [1.29, 1.82) is 0 Å². The molecule has 0 spiro atoms. The zero-order chi connectivity index (χ0) is 19.4. The summed E-state index contributed by atoms with van der Waals surface area (Å²) in [6.07, 6.45) is 1.56. The number of thiazole rings is 1. The molecule has 0 radical (unpaired) electrons. The molecule has 0 amide bonds. The second-order valence-corrected chi connectivity index (χ2v) is 7.34. The molecule has 0 unspecified atom stereocenters. The lowest BCUT2D eigenvalue weighted by Gasteiger charge is -2.06. The number of nitro benzene ring substituents is 1. The second-order valence-electron chi connectivity index (χ2n) is 6.50. The van der Waals surface area contributed by atoms with Crippen LogP contribution in [0.2, 0.25) is 0 Å². The average Bonchev–Trinajstić information content (AvgIpc) is 3.12. The summed E-state index contributed by atoms with van der Waals surface area (Å²) in [7, 11) is 0. The maximum absolute atomic E-state index is 13.2. The van der Waals surface area contributed by atoms with Crippen molar-refractivity contribution in [2.45, 2.75) is 6.92 Å². The average molecular weight is 388 g/mol. The van der Waals surface area contributed by atoms with E-state index in [1.807, 2.05) is 30.5 Å². The van der Waals surface area contributed by atoms with Gasteiger partial charge in [-0.25, -0.2) is 4.98 Å². The highest BCUT2D eigenvalue weighted by Crippen LogP contribution is 2.28. The molecule has 0 aliphatic carbocycles. The van der Waals surface area contributed by atoms with Gasteiger partial charge < -0.3 is 0 Å². The van der Waals surface area contributed by atoms with E-state index >= 15 is 0 Å². The minimum atomic E-state index is -0.449. The summed E-state index contributed by atoms with van der Waals surface area (Å²) in [5.41, 5.74) is 3.66. The van der Waals surface area contributed by atoms with Crippen molar-refractivity contribution in [2.75, 3.05) is 0 Å². The van der Waals surface area contributed by atoms with Crippen molar-refractivity contribution in [3.63, 3.8) is 0 Å². The van der Waals surface area contributed by atoms with Gasteiger partial charge in [-0.15, -0.1) is 11.3 Å². The van der Waals surface area contributed by atoms with E-state index in [0.29, 0.717) is 27.1 Å². The Bertz CT molecular complexity index is 1470. The third-order valence-electron chi connectivity index (χ3n) is 4.72. The Morgan fingerprint density at radius 3 is 2.64 bits per heavy atom. The number of aryl methyl sites for hydroxylation is 1. The first-order valence-corrected chi connectivity index (χ1v) is 9.35. The Kier molecular flexibility index (Phi) is 3.50. The van der Waals surface area contributed by atoms with Gasteiger partial charge in [0.2, 0.25) is 0 Å². The number of nitrogens with zero attached hydrogens (tertiary/aromatic N) is 4. The number of rotatable bonds is 2. The number of nitro groups is 1. The van der Waals surface area contributed by atoms with Gasteiger partial charge in [0.1, 0.15) is 0 Å². The highest BCUT2D eigenvalue weighted by atomic mass is 32.1. The fraction of sp³-hybridized carbons (Fsp3) is 0.0500. The van der Waals surface area contributed by atoms with Crippen LogP contribution in [0.5, 0.6) is 0 Å². The fourth-order valence-corrected chi connectivity index (χ4v) is 4.22. The molecule has 0 atom stereocenters. The number of non-ortho nitro benzene ring substituents is 1. The highest BCUT2D eigenvalue weighted by molar-refractivity contribution is 7.15. The molecule has 0 N–H and O–H groups in total. The predicted octanol–water partition coefficient (Wildman–Crippen LogP) is 4.34. The smallest absolute Gasteiger partial charge is 0.268 e. The molecule has 7 nitrogen and oxygen atoms in total. The molecule has 0 aliphatic rings. The number of fused-ring (bicyclic) bond motifs is 4. The Morgan fingerprint density at radius 2 is 1.89 bits per heavy atom. The van der Waals surface area contributed by atoms with E-state index in [4.69, 9.17) is 4.98 Å². The van der Waals surface area contributed by atoms with Crippen LogP contribution in [0.3, 0.4) is 0 Å². The molecule has 0 saturated heterocycles. The lowest BCUT2D eigenvalue weighted by molar-refractivity contribution is -0.384. The molecule has 28 heavy (non-hydrogen) atoms. The first kappa shape index (κ1) is 16.5. The van der Waals surface area contributed by atoms with Crippen molar-refractivity contribution in [3.8, 4) is 11.3 Å². The third-order valence-corrected chi connectivity index (χ3v) is 5.54. The Balaban J connectivity index is 1.81. The van der Waals surface area contributed by atoms with Crippen LogP contribution < -0.4 is 5.56 Å². The van der Waals surface area contributed by atoms with Crippen LogP contribution >= 0.6 is 11.3 Å². The summed E-state index contributed by atoms with van der Waals surface area (Å²) in [6.45, 7) is 1.99. The van der Waals surface area contributed by atoms with E-state index < -0.39 is 4.92 Å². The molecule has 0 saturated carbocycles. The molecular weight excluding hydrogens is 376 g/mol. The van der Waals surface area contributed by atoms with Gasteiger partial charge in [-0.1, -0.05) is 11.6 Å². The van der Waals surface area contributed by atoms with E-state index in [1.54, 1.807) is 18.3 Å². The predicted molar refractivity (Wildman–Crippen MR) is 109 cm³/mol. The van der Waals surface area contributed by atoms with Crippen molar-refractivity contribution in [2.24, 2.45) is 0 Å². The van der Waals surface area contributed by atoms with Crippen molar-refractivity contribution in [3.05, 3.63) is 80.1 Å². The molecule has 0 fully saturated rings. The molecule has 8 heteroatoms. The third kappa shape index (κ3) is 2.39. The van der Waals surface area contributed by atoms with E-state index in [2.05, 4.69) is 4.98 Å². The minimum Gasteiger partial charge on any atom is -0.268 e. The largest absolute Gasteiger partial charge is 0.269 e. The van der Waals surface area contributed by atoms with E-state index in [1.165, 1.54) is 27.9 Å². The lowest BCUT2D eigenvalue weighted by atomic mass is 10.1. The monoisotopic (exact) mass is 388 g/mol. The first-order chi connectivity index (χ1) is 13.5. The molecule has 0 bridgehead atoms. The van der Waals surface area contributed by atoms with Gasteiger partial charge in [0.15, 0.2) is 4.96 Å². The van der Waals surface area contributed by atoms with Gasteiger partial charge in [0.05, 0.1) is 27.0 Å². The molecule has 0 aliphatic heterocycles. The first-order valence-electron chi connectivity index (χ1n) is 8.47. The summed E-state index contributed by atoms with van der Waals surface area (Å²) in [6, 6.07) is 12.0. The van der Waals surface area contributed by atoms with Crippen LogP contribution in [0.25, 0.3) is 38.0 Å². The zero-order valence-electron chi connectivity index (χ0n) is 14.6. The SMILES string of the molecule is Cc1ccc2ncc3c(=O)n4c(-c5ccc([N+](=O)[O-])cc5)csc4nc3c2c1. The molecule has 3 heterocycles. The minimum absolute atomic E-state index is 0.00486. The number of pyridine rings is 1. The Hall–Kier alpha value is -3.65. The zero-order valence-corrected chi connectivity index (χ0v) is 15.4. The standard InChI is InChI=1S/C20H12N4O3S/c1-11-2-7-16-14(8-11)18-15(9-21-16)19(25)23-17(10-28-20(23)22-18)12-3-5-13(6-4-12)24(26)27/h2-10H,1H3. The van der Waals surface area contributed by atoms with Gasteiger partial charge in [0.25, 0.3) is 11.2 Å². The molecule has 5 rings (SSSR count). The van der Waals surface area contributed by atoms with Gasteiger partial charge in [-0.3, -0.25) is 24.3 Å². The van der Waals surface area contributed by atoms with E-state index in [-0.39, 0.29) is 11.2 Å². The molecule has 5 aromatic rings. The molecular formula is C20H12N4O3S. The summed E-state index contributed by atoms with van der Waals surface area (Å²) < 4.78 is 1.54. The van der Waals surface area contributed by atoms with Crippen molar-refractivity contribution < 1.29 is 4.92 Å². The van der Waals surface area contributed by atoms with Crippen LogP contribution in [-0.4, -0.2) is 19.3 Å². The van der Waals surface area contributed by atoms with E-state index in [9.17, 15) is 14.9 Å². The number of aromatic nitrogens is 3. The van der Waals surface area contributed by atoms with Crippen LogP contribution in [0, 0.1) is 17.0 Å². The number of benzene rings is 2. The highest BCUT2D eigenvalue weighted by Gasteiger charge is 2.15. The normalized spacial score (nSPS) is 11.5. The summed E-state index contributed by atoms with van der Waals surface area (Å²) >= 11 is 1.36. The van der Waals surface area contributed by atoms with Gasteiger partial charge in [-0.05, 0) is 31.2 Å². The summed E-state index contributed by atoms with van der Waals surface area (Å²) in [5.74, 6) is 0. The van der Waals surface area contributed by atoms with Gasteiger partial charge in [-0.2, -0.15) is 0 Å². The van der Waals surface area contributed by atoms with Crippen molar-refractivity contribution >= 4 is 43.8 Å². The fourth-order valence-electron chi connectivity index (χ4n) is 3.33. The van der Waals surface area contributed by atoms with Crippen LogP contribution in [0.15, 0.2) is 58.8 Å². The second kappa shape index (κ2) is 5.93. The molecule has 3 aromatic heterocycles.